The van der Waals surface area contributed by atoms with Gasteiger partial charge in [0.25, 0.3) is 0 Å². The van der Waals surface area contributed by atoms with Gasteiger partial charge in [-0.05, 0) is 25.7 Å². The molecular formula is C18H28O5. The number of hydrogen-bond donors (Lipinski definition) is 0. The monoisotopic (exact) mass is 324 g/mol. The highest BCUT2D eigenvalue weighted by molar-refractivity contribution is 5.78. The molecule has 0 aromatic rings. The Labute approximate surface area is 138 Å². The van der Waals surface area contributed by atoms with Gasteiger partial charge in [0.2, 0.25) is 0 Å². The zero-order valence-corrected chi connectivity index (χ0v) is 15.0. The van der Waals surface area contributed by atoms with E-state index in [9.17, 15) is 9.59 Å². The second-order valence-electron chi connectivity index (χ2n) is 8.11. The molecule has 2 bridgehead atoms. The van der Waals surface area contributed by atoms with Crippen LogP contribution in [0.5, 0.6) is 0 Å². The molecule has 0 radical (unpaired) electrons. The first-order valence-corrected chi connectivity index (χ1v) is 8.14. The Bertz CT molecular complexity index is 512. The number of carbonyl (C=O) groups is 2. The predicted octanol–water partition coefficient (Wildman–Crippen LogP) is 3.08. The molecule has 0 aromatic heterocycles. The van der Waals surface area contributed by atoms with Crippen molar-refractivity contribution < 1.29 is 23.8 Å². The molecule has 130 valence electrons. The van der Waals surface area contributed by atoms with Crippen molar-refractivity contribution in [3.05, 3.63) is 11.6 Å². The van der Waals surface area contributed by atoms with Crippen LogP contribution in [0.1, 0.15) is 47.5 Å². The Morgan fingerprint density at radius 3 is 2.35 bits per heavy atom. The normalized spacial score (nSPS) is 26.9. The summed E-state index contributed by atoms with van der Waals surface area (Å²) in [7, 11) is 1.48. The maximum Gasteiger partial charge on any atom is 0.315 e. The standard InChI is InChI=1S/C18H28O5/c1-17(2,3)18(4,5)16(20)23-14-9-11-7-12(14)13(8-11)15(19)22-10-21-6/h8,12-14H,7,9-10H2,1-6H3. The molecule has 1 fully saturated rings. The summed E-state index contributed by atoms with van der Waals surface area (Å²) in [6.07, 6.45) is 3.26. The third kappa shape index (κ3) is 3.44. The molecule has 23 heavy (non-hydrogen) atoms. The summed E-state index contributed by atoms with van der Waals surface area (Å²) in [5.41, 5.74) is 0.397. The van der Waals surface area contributed by atoms with Gasteiger partial charge in [0, 0.05) is 19.4 Å². The van der Waals surface area contributed by atoms with Crippen LogP contribution in [0, 0.1) is 22.7 Å². The lowest BCUT2D eigenvalue weighted by molar-refractivity contribution is -0.172. The molecule has 2 rings (SSSR count). The van der Waals surface area contributed by atoms with E-state index in [1.165, 1.54) is 12.7 Å². The van der Waals surface area contributed by atoms with Crippen LogP contribution < -0.4 is 0 Å². The Morgan fingerprint density at radius 2 is 1.83 bits per heavy atom. The molecule has 5 nitrogen and oxygen atoms in total. The van der Waals surface area contributed by atoms with Crippen molar-refractivity contribution in [1.82, 2.24) is 0 Å². The first kappa shape index (κ1) is 18.0. The highest BCUT2D eigenvalue weighted by atomic mass is 16.7. The minimum Gasteiger partial charge on any atom is -0.461 e. The largest absolute Gasteiger partial charge is 0.461 e. The van der Waals surface area contributed by atoms with Gasteiger partial charge in [0.15, 0.2) is 6.79 Å². The van der Waals surface area contributed by atoms with E-state index in [0.29, 0.717) is 0 Å². The number of methoxy groups -OCH3 is 1. The van der Waals surface area contributed by atoms with Gasteiger partial charge in [-0.1, -0.05) is 32.4 Å². The fourth-order valence-corrected chi connectivity index (χ4v) is 2.98. The summed E-state index contributed by atoms with van der Waals surface area (Å²) in [5, 5.41) is 0. The average molecular weight is 324 g/mol. The van der Waals surface area contributed by atoms with Crippen molar-refractivity contribution in [2.75, 3.05) is 13.9 Å². The minimum atomic E-state index is -0.588. The van der Waals surface area contributed by atoms with Gasteiger partial charge >= 0.3 is 11.9 Å². The summed E-state index contributed by atoms with van der Waals surface area (Å²) < 4.78 is 15.6. The lowest BCUT2D eigenvalue weighted by atomic mass is 9.69. The third-order valence-electron chi connectivity index (χ3n) is 5.55. The van der Waals surface area contributed by atoms with E-state index in [1.54, 1.807) is 0 Å². The Morgan fingerprint density at radius 1 is 1.17 bits per heavy atom. The average Bonchev–Trinajstić information content (AvgIpc) is 3.03. The number of rotatable bonds is 5. The van der Waals surface area contributed by atoms with Crippen LogP contribution in [0.4, 0.5) is 0 Å². The molecule has 1 saturated carbocycles. The quantitative estimate of drug-likeness (QED) is 0.442. The summed E-state index contributed by atoms with van der Waals surface area (Å²) in [6.45, 7) is 9.86. The minimum absolute atomic E-state index is 0.00549. The maximum absolute atomic E-state index is 12.6. The highest BCUT2D eigenvalue weighted by Gasteiger charge is 2.49. The van der Waals surface area contributed by atoms with Crippen molar-refractivity contribution in [3.63, 3.8) is 0 Å². The van der Waals surface area contributed by atoms with E-state index < -0.39 is 5.41 Å². The van der Waals surface area contributed by atoms with Gasteiger partial charge in [-0.25, -0.2) is 0 Å². The summed E-state index contributed by atoms with van der Waals surface area (Å²) in [5.74, 6) is -0.839. The Balaban J connectivity index is 2.03. The molecule has 5 heteroatoms. The molecule has 0 heterocycles. The van der Waals surface area contributed by atoms with Crippen molar-refractivity contribution in [2.24, 2.45) is 22.7 Å². The smallest absolute Gasteiger partial charge is 0.315 e. The van der Waals surface area contributed by atoms with Crippen LogP contribution in [0.3, 0.4) is 0 Å². The molecular weight excluding hydrogens is 296 g/mol. The summed E-state index contributed by atoms with van der Waals surface area (Å²) in [6, 6.07) is 0. The molecule has 3 atom stereocenters. The zero-order chi connectivity index (χ0) is 17.4. The van der Waals surface area contributed by atoms with Gasteiger partial charge in [-0.3, -0.25) is 9.59 Å². The lowest BCUT2D eigenvalue weighted by Crippen LogP contribution is -2.42. The van der Waals surface area contributed by atoms with Crippen molar-refractivity contribution >= 4 is 11.9 Å². The molecule has 2 aliphatic rings. The number of carbonyl (C=O) groups excluding carboxylic acids is 2. The molecule has 2 aliphatic carbocycles. The van der Waals surface area contributed by atoms with Crippen molar-refractivity contribution in [1.29, 1.82) is 0 Å². The number of fused-ring (bicyclic) bond motifs is 2. The van der Waals surface area contributed by atoms with Gasteiger partial charge in [0.05, 0.1) is 11.3 Å². The van der Waals surface area contributed by atoms with Crippen LogP contribution in [-0.4, -0.2) is 31.9 Å². The van der Waals surface area contributed by atoms with Crippen LogP contribution in [0.25, 0.3) is 0 Å². The molecule has 0 aromatic carbocycles. The number of hydrogen-bond acceptors (Lipinski definition) is 5. The maximum atomic E-state index is 12.6. The molecule has 3 unspecified atom stereocenters. The van der Waals surface area contributed by atoms with Crippen LogP contribution >= 0.6 is 0 Å². The topological polar surface area (TPSA) is 61.8 Å². The molecule has 0 spiro atoms. The van der Waals surface area contributed by atoms with E-state index in [4.69, 9.17) is 14.2 Å². The number of esters is 2. The Kier molecular flexibility index (Phi) is 4.90. The molecule has 0 saturated heterocycles. The van der Waals surface area contributed by atoms with E-state index >= 15 is 0 Å². The molecule has 0 aliphatic heterocycles. The second-order valence-corrected chi connectivity index (χ2v) is 8.11. The fraction of sp³-hybridized carbons (Fsp3) is 0.778. The van der Waals surface area contributed by atoms with E-state index in [-0.39, 0.29) is 42.1 Å². The highest BCUT2D eigenvalue weighted by Crippen LogP contribution is 2.47. The van der Waals surface area contributed by atoms with Crippen LogP contribution in [0.2, 0.25) is 0 Å². The van der Waals surface area contributed by atoms with E-state index in [0.717, 1.165) is 12.8 Å². The van der Waals surface area contributed by atoms with Gasteiger partial charge in [-0.15, -0.1) is 0 Å². The molecule has 0 N–H and O–H groups in total. The molecule has 0 amide bonds. The summed E-state index contributed by atoms with van der Waals surface area (Å²) in [4.78, 5) is 24.7. The number of ether oxygens (including phenoxy) is 3. The second kappa shape index (κ2) is 6.27. The van der Waals surface area contributed by atoms with Gasteiger partial charge in [-0.2, -0.15) is 0 Å². The fourth-order valence-electron chi connectivity index (χ4n) is 2.98. The van der Waals surface area contributed by atoms with Crippen LogP contribution in [0.15, 0.2) is 11.6 Å². The first-order chi connectivity index (χ1) is 10.6. The van der Waals surface area contributed by atoms with Gasteiger partial charge < -0.3 is 14.2 Å². The first-order valence-electron chi connectivity index (χ1n) is 8.14. The van der Waals surface area contributed by atoms with Crippen LogP contribution in [-0.2, 0) is 23.8 Å². The SMILES string of the molecule is COCOC(=O)C1C=C2CC(OC(=O)C(C)(C)C(C)(C)C)C1C2. The van der Waals surface area contributed by atoms with E-state index in [2.05, 4.69) is 0 Å². The lowest BCUT2D eigenvalue weighted by Gasteiger charge is -2.38. The third-order valence-corrected chi connectivity index (χ3v) is 5.55. The van der Waals surface area contributed by atoms with E-state index in [1.807, 2.05) is 40.7 Å². The summed E-state index contributed by atoms with van der Waals surface area (Å²) >= 11 is 0. The predicted molar refractivity (Wildman–Crippen MR) is 85.4 cm³/mol. The van der Waals surface area contributed by atoms with Crippen molar-refractivity contribution in [3.8, 4) is 0 Å². The van der Waals surface area contributed by atoms with Crippen molar-refractivity contribution in [2.45, 2.75) is 53.6 Å². The van der Waals surface area contributed by atoms with Gasteiger partial charge in [0.1, 0.15) is 6.10 Å². The Hall–Kier alpha value is -1.36. The zero-order valence-electron chi connectivity index (χ0n) is 15.0.